The summed E-state index contributed by atoms with van der Waals surface area (Å²) >= 11 is 0. The molecule has 0 radical (unpaired) electrons. The van der Waals surface area contributed by atoms with Gasteiger partial charge in [0.2, 0.25) is 17.6 Å². The molecule has 0 bridgehead atoms. The summed E-state index contributed by atoms with van der Waals surface area (Å²) in [7, 11) is 1.55. The summed E-state index contributed by atoms with van der Waals surface area (Å²) in [5, 5.41) is 5.27. The molecule has 5 amide bonds. The van der Waals surface area contributed by atoms with Crippen molar-refractivity contribution >= 4 is 29.5 Å². The fraction of sp³-hybridized carbons (Fsp3) is 0.741. The first kappa shape index (κ1) is 28.7. The Bertz CT molecular complexity index is 928. The molecule has 1 unspecified atom stereocenters. The summed E-state index contributed by atoms with van der Waals surface area (Å²) in [5.74, 6) is -2.12. The van der Waals surface area contributed by atoms with E-state index in [0.29, 0.717) is 19.4 Å². The highest BCUT2D eigenvalue weighted by atomic mass is 16.2. The van der Waals surface area contributed by atoms with Crippen LogP contribution in [0, 0.1) is 23.2 Å². The zero-order valence-electron chi connectivity index (χ0n) is 22.6. The number of nitrogens with zero attached hydrogens (tertiary/aromatic N) is 2. The van der Waals surface area contributed by atoms with Gasteiger partial charge in [0.1, 0.15) is 12.1 Å². The number of rotatable bonds is 11. The van der Waals surface area contributed by atoms with E-state index in [0.717, 1.165) is 32.1 Å². The lowest BCUT2D eigenvalue weighted by Crippen LogP contribution is -2.60. The Hall–Kier alpha value is -2.91. The molecule has 2 saturated carbocycles. The highest BCUT2D eigenvalue weighted by molar-refractivity contribution is 6.38. The van der Waals surface area contributed by atoms with Gasteiger partial charge in [-0.1, -0.05) is 52.5 Å². The molecule has 0 aromatic carbocycles. The molecule has 5 atom stereocenters. The van der Waals surface area contributed by atoms with Gasteiger partial charge in [-0.2, -0.15) is 0 Å². The van der Waals surface area contributed by atoms with Crippen LogP contribution < -0.4 is 16.4 Å². The van der Waals surface area contributed by atoms with Crippen molar-refractivity contribution in [2.45, 2.75) is 83.8 Å². The predicted molar refractivity (Wildman–Crippen MR) is 139 cm³/mol. The van der Waals surface area contributed by atoms with Crippen molar-refractivity contribution in [1.82, 2.24) is 20.4 Å². The summed E-state index contributed by atoms with van der Waals surface area (Å²) in [4.78, 5) is 67.9. The van der Waals surface area contributed by atoms with Gasteiger partial charge in [-0.3, -0.25) is 19.2 Å². The number of urea groups is 1. The minimum absolute atomic E-state index is 0.0182. The minimum atomic E-state index is -0.984. The van der Waals surface area contributed by atoms with E-state index in [1.807, 2.05) is 6.92 Å². The lowest BCUT2D eigenvalue weighted by Gasteiger charge is -2.40. The molecule has 0 aromatic rings. The van der Waals surface area contributed by atoms with E-state index >= 15 is 0 Å². The summed E-state index contributed by atoms with van der Waals surface area (Å²) < 4.78 is 0. The maximum absolute atomic E-state index is 14.0. The maximum atomic E-state index is 14.0. The second-order valence-electron chi connectivity index (χ2n) is 11.4. The number of carbonyl (C=O) groups is 5. The Labute approximate surface area is 219 Å². The van der Waals surface area contributed by atoms with Gasteiger partial charge >= 0.3 is 6.03 Å². The number of piperidine rings is 1. The molecule has 3 aliphatic rings. The normalized spacial score (nSPS) is 25.8. The van der Waals surface area contributed by atoms with E-state index in [1.165, 1.54) is 11.0 Å². The van der Waals surface area contributed by atoms with E-state index in [1.54, 1.807) is 11.9 Å². The van der Waals surface area contributed by atoms with Gasteiger partial charge in [0.15, 0.2) is 0 Å². The second kappa shape index (κ2) is 11.6. The molecule has 4 N–H and O–H groups in total. The molecule has 1 aliphatic heterocycles. The molecule has 1 saturated heterocycles. The van der Waals surface area contributed by atoms with E-state index < -0.39 is 41.8 Å². The number of hydrogen-bond acceptors (Lipinski definition) is 5. The SMILES string of the molecule is C=CCNC(=O)C(=O)C(CCC)NC(=O)[C@@H]1[C@@H]2[C@H](CN1C(=O)[C@H](C1CCCCC1)N(C)C(N)=O)C2(C)C. The van der Waals surface area contributed by atoms with E-state index in [2.05, 4.69) is 31.1 Å². The van der Waals surface area contributed by atoms with Crippen LogP contribution in [0.3, 0.4) is 0 Å². The van der Waals surface area contributed by atoms with Crippen LogP contribution >= 0.6 is 0 Å². The smallest absolute Gasteiger partial charge is 0.315 e. The quantitative estimate of drug-likeness (QED) is 0.282. The Balaban J connectivity index is 1.85. The lowest BCUT2D eigenvalue weighted by molar-refractivity contribution is -0.146. The van der Waals surface area contributed by atoms with Crippen LogP contribution in [0.4, 0.5) is 4.79 Å². The maximum Gasteiger partial charge on any atom is 0.315 e. The number of amides is 5. The first-order chi connectivity index (χ1) is 17.5. The average molecular weight is 518 g/mol. The van der Waals surface area contributed by atoms with Crippen LogP contribution in [0.1, 0.15) is 65.7 Å². The van der Waals surface area contributed by atoms with Crippen molar-refractivity contribution in [1.29, 1.82) is 0 Å². The van der Waals surface area contributed by atoms with Gasteiger partial charge in [-0.15, -0.1) is 6.58 Å². The van der Waals surface area contributed by atoms with Crippen molar-refractivity contribution in [3.05, 3.63) is 12.7 Å². The van der Waals surface area contributed by atoms with Crippen molar-refractivity contribution in [3.8, 4) is 0 Å². The second-order valence-corrected chi connectivity index (χ2v) is 11.4. The molecule has 0 spiro atoms. The third-order valence-electron chi connectivity index (χ3n) is 8.72. The van der Waals surface area contributed by atoms with E-state index in [4.69, 9.17) is 5.73 Å². The minimum Gasteiger partial charge on any atom is -0.351 e. The van der Waals surface area contributed by atoms with Gasteiger partial charge in [0.05, 0.1) is 6.04 Å². The third kappa shape index (κ3) is 5.83. The molecular weight excluding hydrogens is 474 g/mol. The Morgan fingerprint density at radius 1 is 1.16 bits per heavy atom. The number of hydrogen-bond donors (Lipinski definition) is 3. The number of carbonyl (C=O) groups excluding carboxylic acids is 5. The van der Waals surface area contributed by atoms with Gasteiger partial charge in [0, 0.05) is 20.1 Å². The number of primary amides is 1. The van der Waals surface area contributed by atoms with Crippen LogP contribution in [0.25, 0.3) is 0 Å². The number of fused-ring (bicyclic) bond motifs is 1. The Morgan fingerprint density at radius 2 is 1.81 bits per heavy atom. The summed E-state index contributed by atoms with van der Waals surface area (Å²) in [6, 6.07) is -3.16. The standard InChI is InChI=1S/C27H43N5O5/c1-6-11-18(22(33)24(35)29-14-7-2)30-23(34)21-19-17(27(19,3)4)15-32(21)25(36)20(31(5)26(28)37)16-12-9-8-10-13-16/h7,16-21H,2,6,8-15H2,1,3-5H3,(H2,28,37)(H,29,35)(H,30,34)/t17-,18?,19-,20-,21-/m0/s1. The largest absolute Gasteiger partial charge is 0.351 e. The number of Topliss-reactive ketones (excluding diaryl/α,β-unsaturated/α-hetero) is 1. The molecule has 3 fully saturated rings. The zero-order valence-corrected chi connectivity index (χ0v) is 22.6. The van der Waals surface area contributed by atoms with Crippen molar-refractivity contribution in [3.63, 3.8) is 0 Å². The topological polar surface area (TPSA) is 142 Å². The van der Waals surface area contributed by atoms with Gasteiger partial charge in [0.25, 0.3) is 5.91 Å². The Kier molecular flexibility index (Phi) is 9.02. The third-order valence-corrected chi connectivity index (χ3v) is 8.72. The summed E-state index contributed by atoms with van der Waals surface area (Å²) in [6.07, 6.45) is 7.08. The van der Waals surface area contributed by atoms with Crippen LogP contribution in [-0.2, 0) is 19.2 Å². The average Bonchev–Trinajstić information content (AvgIpc) is 3.19. The van der Waals surface area contributed by atoms with Crippen LogP contribution in [-0.4, -0.2) is 77.6 Å². The van der Waals surface area contributed by atoms with Crippen LogP contribution in [0.2, 0.25) is 0 Å². The predicted octanol–water partition coefficient (Wildman–Crippen LogP) is 1.59. The van der Waals surface area contributed by atoms with Gasteiger partial charge in [-0.25, -0.2) is 4.79 Å². The van der Waals surface area contributed by atoms with Crippen molar-refractivity contribution in [2.24, 2.45) is 28.9 Å². The van der Waals surface area contributed by atoms with Gasteiger partial charge in [-0.05, 0) is 42.4 Å². The van der Waals surface area contributed by atoms with Crippen LogP contribution in [0.5, 0.6) is 0 Å². The summed E-state index contributed by atoms with van der Waals surface area (Å²) in [5.41, 5.74) is 5.48. The number of likely N-dealkylation sites (N-methyl/N-ethyl adjacent to an activating group) is 1. The molecule has 10 heteroatoms. The number of nitrogens with two attached hydrogens (primary N) is 1. The fourth-order valence-corrected chi connectivity index (χ4v) is 6.48. The molecule has 206 valence electrons. The number of nitrogens with one attached hydrogen (secondary N) is 2. The van der Waals surface area contributed by atoms with Gasteiger partial charge < -0.3 is 26.2 Å². The Morgan fingerprint density at radius 3 is 2.38 bits per heavy atom. The van der Waals surface area contributed by atoms with E-state index in [9.17, 15) is 24.0 Å². The fourth-order valence-electron chi connectivity index (χ4n) is 6.48. The molecule has 3 rings (SSSR count). The number of likely N-dealkylation sites (tertiary alicyclic amines) is 1. The summed E-state index contributed by atoms with van der Waals surface area (Å²) in [6.45, 7) is 10.1. The van der Waals surface area contributed by atoms with Crippen molar-refractivity contribution in [2.75, 3.05) is 20.1 Å². The highest BCUT2D eigenvalue weighted by Crippen LogP contribution is 2.65. The first-order valence-corrected chi connectivity index (χ1v) is 13.5. The molecule has 1 heterocycles. The molecule has 10 nitrogen and oxygen atoms in total. The lowest BCUT2D eigenvalue weighted by atomic mass is 9.82. The molecule has 2 aliphatic carbocycles. The van der Waals surface area contributed by atoms with E-state index in [-0.39, 0.29) is 35.6 Å². The molecule has 37 heavy (non-hydrogen) atoms. The molecule has 0 aromatic heterocycles. The molecular formula is C27H43N5O5. The van der Waals surface area contributed by atoms with Crippen molar-refractivity contribution < 1.29 is 24.0 Å². The number of ketones is 1. The monoisotopic (exact) mass is 517 g/mol. The highest BCUT2D eigenvalue weighted by Gasteiger charge is 2.69. The first-order valence-electron chi connectivity index (χ1n) is 13.5. The zero-order chi connectivity index (χ0) is 27.5. The van der Waals surface area contributed by atoms with Crippen LogP contribution in [0.15, 0.2) is 12.7 Å².